The Morgan fingerprint density at radius 1 is 0.444 bits per heavy atom. The lowest BCUT2D eigenvalue weighted by Crippen LogP contribution is -2.00. The number of furan rings is 1. The normalized spacial score (nSPS) is 11.1. The molecule has 2 aromatic heterocycles. The van der Waals surface area contributed by atoms with Crippen molar-refractivity contribution < 1.29 is 4.42 Å². The summed E-state index contributed by atoms with van der Waals surface area (Å²) in [6.45, 7) is 0. The van der Waals surface area contributed by atoms with Gasteiger partial charge in [-0.05, 0) is 28.8 Å². The number of para-hydroxylation sites is 1. The first-order valence-corrected chi connectivity index (χ1v) is 14.7. The molecule has 5 heteroatoms. The van der Waals surface area contributed by atoms with Crippen molar-refractivity contribution in [3.05, 3.63) is 151 Å². The van der Waals surface area contributed by atoms with Gasteiger partial charge in [-0.2, -0.15) is 5.26 Å². The number of nitrogens with zero attached hydrogens (tertiary/aromatic N) is 4. The lowest BCUT2D eigenvalue weighted by Gasteiger charge is -2.09. The second-order valence-corrected chi connectivity index (χ2v) is 10.7. The Labute approximate surface area is 259 Å². The monoisotopic (exact) mass is 576 g/mol. The summed E-state index contributed by atoms with van der Waals surface area (Å²) < 4.78 is 6.57. The summed E-state index contributed by atoms with van der Waals surface area (Å²) in [6.07, 6.45) is 0. The second kappa shape index (κ2) is 11.0. The van der Waals surface area contributed by atoms with E-state index >= 15 is 0 Å². The largest absolute Gasteiger partial charge is 0.455 e. The number of hydrogen-bond donors (Lipinski definition) is 0. The Balaban J connectivity index is 1.29. The van der Waals surface area contributed by atoms with Crippen molar-refractivity contribution in [2.75, 3.05) is 0 Å². The number of fused-ring (bicyclic) bond motifs is 3. The molecule has 210 valence electrons. The topological polar surface area (TPSA) is 75.6 Å². The van der Waals surface area contributed by atoms with Crippen molar-refractivity contribution >= 4 is 21.9 Å². The van der Waals surface area contributed by atoms with E-state index in [-0.39, 0.29) is 0 Å². The predicted octanol–water partition coefficient (Wildman–Crippen LogP) is 9.98. The quantitative estimate of drug-likeness (QED) is 0.204. The molecule has 0 aliphatic heterocycles. The Morgan fingerprint density at radius 2 is 0.978 bits per heavy atom. The first kappa shape index (κ1) is 26.3. The van der Waals surface area contributed by atoms with Crippen molar-refractivity contribution in [3.63, 3.8) is 0 Å². The SMILES string of the molecule is N#Cc1ccccc1-c1ccc(-c2cccc3c2oc2cccc(-c4nc(-c5ccccc5)nc(-c5ccccc5)n4)c23)cc1. The maximum absolute atomic E-state index is 9.58. The van der Waals surface area contributed by atoms with Crippen LogP contribution >= 0.6 is 0 Å². The van der Waals surface area contributed by atoms with Gasteiger partial charge in [-0.25, -0.2) is 15.0 Å². The summed E-state index contributed by atoms with van der Waals surface area (Å²) in [7, 11) is 0. The van der Waals surface area contributed by atoms with E-state index in [1.54, 1.807) is 0 Å². The van der Waals surface area contributed by atoms with Gasteiger partial charge in [0.15, 0.2) is 17.5 Å². The molecule has 0 N–H and O–H groups in total. The highest BCUT2D eigenvalue weighted by atomic mass is 16.3. The third-order valence-electron chi connectivity index (χ3n) is 8.02. The van der Waals surface area contributed by atoms with E-state index in [9.17, 15) is 5.26 Å². The van der Waals surface area contributed by atoms with Gasteiger partial charge in [0, 0.05) is 33.0 Å². The Morgan fingerprint density at radius 3 is 1.64 bits per heavy atom. The van der Waals surface area contributed by atoms with E-state index in [1.807, 2.05) is 103 Å². The number of nitriles is 1. The van der Waals surface area contributed by atoms with Crippen LogP contribution in [0.4, 0.5) is 0 Å². The summed E-state index contributed by atoms with van der Waals surface area (Å²) in [4.78, 5) is 14.8. The maximum Gasteiger partial charge on any atom is 0.164 e. The molecule has 0 radical (unpaired) electrons. The smallest absolute Gasteiger partial charge is 0.164 e. The highest BCUT2D eigenvalue weighted by molar-refractivity contribution is 6.15. The van der Waals surface area contributed by atoms with Crippen molar-refractivity contribution in [3.8, 4) is 62.5 Å². The fourth-order valence-electron chi connectivity index (χ4n) is 5.85. The van der Waals surface area contributed by atoms with E-state index < -0.39 is 0 Å². The molecule has 45 heavy (non-hydrogen) atoms. The Kier molecular flexibility index (Phi) is 6.44. The zero-order valence-corrected chi connectivity index (χ0v) is 24.1. The van der Waals surface area contributed by atoms with Gasteiger partial charge in [0.25, 0.3) is 0 Å². The summed E-state index contributed by atoms with van der Waals surface area (Å²) in [5, 5.41) is 11.5. The highest BCUT2D eigenvalue weighted by Crippen LogP contribution is 2.40. The van der Waals surface area contributed by atoms with E-state index in [4.69, 9.17) is 19.4 Å². The van der Waals surface area contributed by atoms with Crippen LogP contribution < -0.4 is 0 Å². The molecule has 0 amide bonds. The van der Waals surface area contributed by atoms with Crippen LogP contribution in [0.1, 0.15) is 5.56 Å². The first-order valence-electron chi connectivity index (χ1n) is 14.7. The molecule has 8 aromatic rings. The van der Waals surface area contributed by atoms with Gasteiger partial charge in [0.2, 0.25) is 0 Å². The molecule has 2 heterocycles. The number of benzene rings is 6. The lowest BCUT2D eigenvalue weighted by atomic mass is 9.96. The molecular weight excluding hydrogens is 552 g/mol. The third-order valence-corrected chi connectivity index (χ3v) is 8.02. The molecule has 0 saturated carbocycles. The minimum atomic E-state index is 0.585. The van der Waals surface area contributed by atoms with Crippen LogP contribution in [0.2, 0.25) is 0 Å². The highest BCUT2D eigenvalue weighted by Gasteiger charge is 2.19. The van der Waals surface area contributed by atoms with Crippen molar-refractivity contribution in [1.29, 1.82) is 5.26 Å². The Bertz CT molecular complexity index is 2310. The summed E-state index contributed by atoms with van der Waals surface area (Å²) in [5.74, 6) is 1.81. The number of hydrogen-bond acceptors (Lipinski definition) is 5. The summed E-state index contributed by atoms with van der Waals surface area (Å²) in [5.41, 5.74) is 8.86. The lowest BCUT2D eigenvalue weighted by molar-refractivity contribution is 0.670. The van der Waals surface area contributed by atoms with Crippen LogP contribution in [0.5, 0.6) is 0 Å². The van der Waals surface area contributed by atoms with Crippen LogP contribution in [0.25, 0.3) is 78.4 Å². The van der Waals surface area contributed by atoms with Crippen LogP contribution in [-0.4, -0.2) is 15.0 Å². The third kappa shape index (κ3) is 4.71. The van der Waals surface area contributed by atoms with Gasteiger partial charge in [-0.15, -0.1) is 0 Å². The minimum Gasteiger partial charge on any atom is -0.455 e. The van der Waals surface area contributed by atoms with Crippen LogP contribution in [0, 0.1) is 11.3 Å². The molecule has 5 nitrogen and oxygen atoms in total. The van der Waals surface area contributed by atoms with Crippen LogP contribution in [0.3, 0.4) is 0 Å². The van der Waals surface area contributed by atoms with Crippen LogP contribution in [-0.2, 0) is 0 Å². The van der Waals surface area contributed by atoms with E-state index in [0.29, 0.717) is 23.0 Å². The van der Waals surface area contributed by atoms with Gasteiger partial charge in [-0.3, -0.25) is 0 Å². The standard InChI is InChI=1S/C40H24N4O/c41-25-30-15-7-8-16-31(30)26-21-23-27(24-22-26)32-17-9-18-33-36-34(19-10-20-35(36)45-37(32)33)40-43-38(28-11-3-1-4-12-28)42-39(44-40)29-13-5-2-6-14-29/h1-24H. The summed E-state index contributed by atoms with van der Waals surface area (Å²) in [6, 6.07) is 50.4. The van der Waals surface area contributed by atoms with Gasteiger partial charge in [-0.1, -0.05) is 133 Å². The maximum atomic E-state index is 9.58. The number of aromatic nitrogens is 3. The van der Waals surface area contributed by atoms with Gasteiger partial charge in [0.05, 0.1) is 11.6 Å². The first-order chi connectivity index (χ1) is 22.3. The fraction of sp³-hybridized carbons (Fsp3) is 0. The van der Waals surface area contributed by atoms with Gasteiger partial charge in [0.1, 0.15) is 11.2 Å². The zero-order valence-electron chi connectivity index (χ0n) is 24.1. The molecule has 0 aliphatic carbocycles. The van der Waals surface area contributed by atoms with Crippen LogP contribution in [0.15, 0.2) is 150 Å². The van der Waals surface area contributed by atoms with Crippen molar-refractivity contribution in [2.24, 2.45) is 0 Å². The molecule has 0 spiro atoms. The Hall–Kier alpha value is -6.38. The molecule has 0 saturated heterocycles. The molecule has 0 bridgehead atoms. The molecule has 6 aromatic carbocycles. The van der Waals surface area contributed by atoms with Gasteiger partial charge >= 0.3 is 0 Å². The molecular formula is C40H24N4O. The van der Waals surface area contributed by atoms with Crippen molar-refractivity contribution in [1.82, 2.24) is 15.0 Å². The van der Waals surface area contributed by atoms with E-state index in [1.165, 1.54) is 0 Å². The molecule has 0 atom stereocenters. The minimum absolute atomic E-state index is 0.585. The van der Waals surface area contributed by atoms with E-state index in [2.05, 4.69) is 48.5 Å². The van der Waals surface area contributed by atoms with E-state index in [0.717, 1.165) is 60.9 Å². The zero-order chi connectivity index (χ0) is 30.2. The summed E-state index contributed by atoms with van der Waals surface area (Å²) >= 11 is 0. The molecule has 0 aliphatic rings. The molecule has 8 rings (SSSR count). The fourth-order valence-corrected chi connectivity index (χ4v) is 5.85. The van der Waals surface area contributed by atoms with Crippen molar-refractivity contribution in [2.45, 2.75) is 0 Å². The average Bonchev–Trinajstić information content (AvgIpc) is 3.51. The molecule has 0 fully saturated rings. The number of rotatable bonds is 5. The molecule has 0 unspecified atom stereocenters. The predicted molar refractivity (Wildman–Crippen MR) is 179 cm³/mol. The van der Waals surface area contributed by atoms with Gasteiger partial charge < -0.3 is 4.42 Å². The average molecular weight is 577 g/mol. The second-order valence-electron chi connectivity index (χ2n) is 10.7.